The first kappa shape index (κ1) is 9.33. The van der Waals surface area contributed by atoms with Crippen molar-refractivity contribution in [2.75, 3.05) is 0 Å². The predicted molar refractivity (Wildman–Crippen MR) is 57.5 cm³/mol. The van der Waals surface area contributed by atoms with E-state index in [4.69, 9.17) is 5.73 Å². The van der Waals surface area contributed by atoms with Crippen LogP contribution < -0.4 is 5.73 Å². The maximum atomic E-state index is 5.93. The Labute approximate surface area is 89.9 Å². The Balaban J connectivity index is 1.85. The second kappa shape index (κ2) is 3.59. The molecule has 1 fully saturated rings. The minimum atomic E-state index is 0.290. The molecule has 2 aliphatic rings. The van der Waals surface area contributed by atoms with Gasteiger partial charge in [-0.15, -0.1) is 0 Å². The SMILES string of the molecule is NC1CCn2nc(C3CCCC3)nc2C1. The summed E-state index contributed by atoms with van der Waals surface area (Å²) in [6, 6.07) is 0.290. The molecule has 1 aliphatic heterocycles. The molecule has 1 unspecified atom stereocenters. The zero-order valence-electron chi connectivity index (χ0n) is 9.02. The molecule has 1 saturated carbocycles. The summed E-state index contributed by atoms with van der Waals surface area (Å²) in [5, 5.41) is 4.62. The van der Waals surface area contributed by atoms with Crippen molar-refractivity contribution in [1.29, 1.82) is 0 Å². The molecule has 1 aromatic heterocycles. The molecular formula is C11H18N4. The van der Waals surface area contributed by atoms with Gasteiger partial charge in [0.25, 0.3) is 0 Å². The lowest BCUT2D eigenvalue weighted by molar-refractivity contribution is 0.431. The van der Waals surface area contributed by atoms with E-state index in [9.17, 15) is 0 Å². The van der Waals surface area contributed by atoms with Gasteiger partial charge in [0.2, 0.25) is 0 Å². The molecule has 0 bridgehead atoms. The summed E-state index contributed by atoms with van der Waals surface area (Å²) in [5.74, 6) is 2.81. The number of aryl methyl sites for hydroxylation is 1. The number of rotatable bonds is 1. The molecule has 15 heavy (non-hydrogen) atoms. The number of nitrogens with zero attached hydrogens (tertiary/aromatic N) is 3. The van der Waals surface area contributed by atoms with E-state index in [0.717, 1.165) is 31.0 Å². The van der Waals surface area contributed by atoms with Crippen LogP contribution in [0.2, 0.25) is 0 Å². The van der Waals surface area contributed by atoms with Gasteiger partial charge >= 0.3 is 0 Å². The van der Waals surface area contributed by atoms with Gasteiger partial charge < -0.3 is 5.73 Å². The highest BCUT2D eigenvalue weighted by Crippen LogP contribution is 2.32. The quantitative estimate of drug-likeness (QED) is 0.751. The molecular weight excluding hydrogens is 188 g/mol. The van der Waals surface area contributed by atoms with E-state index in [-0.39, 0.29) is 6.04 Å². The van der Waals surface area contributed by atoms with Gasteiger partial charge in [-0.25, -0.2) is 9.67 Å². The van der Waals surface area contributed by atoms with Crippen molar-refractivity contribution < 1.29 is 0 Å². The number of hydrogen-bond donors (Lipinski definition) is 1. The van der Waals surface area contributed by atoms with Gasteiger partial charge in [-0.05, 0) is 19.3 Å². The molecule has 0 aromatic carbocycles. The van der Waals surface area contributed by atoms with Crippen LogP contribution in [0.25, 0.3) is 0 Å². The monoisotopic (exact) mass is 206 g/mol. The summed E-state index contributed by atoms with van der Waals surface area (Å²) in [5.41, 5.74) is 5.93. The van der Waals surface area contributed by atoms with Gasteiger partial charge in [0, 0.05) is 24.9 Å². The van der Waals surface area contributed by atoms with Crippen LogP contribution in [-0.4, -0.2) is 20.8 Å². The Bertz CT molecular complexity index is 351. The lowest BCUT2D eigenvalue weighted by atomic mass is 10.1. The summed E-state index contributed by atoms with van der Waals surface area (Å²) in [6.45, 7) is 0.955. The first-order valence-corrected chi connectivity index (χ1v) is 6.02. The van der Waals surface area contributed by atoms with Crippen LogP contribution >= 0.6 is 0 Å². The van der Waals surface area contributed by atoms with Crippen molar-refractivity contribution in [3.63, 3.8) is 0 Å². The van der Waals surface area contributed by atoms with Crippen molar-refractivity contribution in [3.05, 3.63) is 11.6 Å². The minimum Gasteiger partial charge on any atom is -0.327 e. The molecule has 1 atom stereocenters. The predicted octanol–water partition coefficient (Wildman–Crippen LogP) is 1.21. The summed E-state index contributed by atoms with van der Waals surface area (Å²) in [4.78, 5) is 4.66. The van der Waals surface area contributed by atoms with Crippen LogP contribution in [0.3, 0.4) is 0 Å². The average Bonchev–Trinajstić information content (AvgIpc) is 2.84. The summed E-state index contributed by atoms with van der Waals surface area (Å²) in [7, 11) is 0. The standard InChI is InChI=1S/C11H18N4/c12-9-5-6-15-10(7-9)13-11(14-15)8-3-1-2-4-8/h8-9H,1-7,12H2. The van der Waals surface area contributed by atoms with Gasteiger partial charge in [-0.3, -0.25) is 0 Å². The zero-order valence-corrected chi connectivity index (χ0v) is 9.02. The Morgan fingerprint density at radius 2 is 2.00 bits per heavy atom. The van der Waals surface area contributed by atoms with E-state index in [1.165, 1.54) is 25.7 Å². The second-order valence-electron chi connectivity index (χ2n) is 4.84. The molecule has 3 rings (SSSR count). The molecule has 82 valence electrons. The molecule has 4 nitrogen and oxygen atoms in total. The van der Waals surface area contributed by atoms with Crippen molar-refractivity contribution in [2.24, 2.45) is 5.73 Å². The molecule has 0 amide bonds. The summed E-state index contributed by atoms with van der Waals surface area (Å²) in [6.07, 6.45) is 7.17. The Morgan fingerprint density at radius 1 is 1.20 bits per heavy atom. The molecule has 4 heteroatoms. The Kier molecular flexibility index (Phi) is 2.24. The van der Waals surface area contributed by atoms with Crippen LogP contribution in [0, 0.1) is 0 Å². The highest BCUT2D eigenvalue weighted by molar-refractivity contribution is 5.04. The molecule has 0 radical (unpaired) electrons. The fraction of sp³-hybridized carbons (Fsp3) is 0.818. The van der Waals surface area contributed by atoms with E-state index in [2.05, 4.69) is 14.8 Å². The number of nitrogens with two attached hydrogens (primary N) is 1. The van der Waals surface area contributed by atoms with Crippen molar-refractivity contribution >= 4 is 0 Å². The fourth-order valence-electron chi connectivity index (χ4n) is 2.71. The maximum absolute atomic E-state index is 5.93. The van der Waals surface area contributed by atoms with Crippen LogP contribution in [0.4, 0.5) is 0 Å². The van der Waals surface area contributed by atoms with Crippen LogP contribution in [-0.2, 0) is 13.0 Å². The number of aromatic nitrogens is 3. The van der Waals surface area contributed by atoms with Gasteiger partial charge in [0.15, 0.2) is 5.82 Å². The summed E-state index contributed by atoms with van der Waals surface area (Å²) >= 11 is 0. The summed E-state index contributed by atoms with van der Waals surface area (Å²) < 4.78 is 2.07. The van der Waals surface area contributed by atoms with E-state index in [0.29, 0.717) is 5.92 Å². The highest BCUT2D eigenvalue weighted by Gasteiger charge is 2.25. The van der Waals surface area contributed by atoms with Gasteiger partial charge in [-0.2, -0.15) is 5.10 Å². The first-order chi connectivity index (χ1) is 7.33. The molecule has 0 spiro atoms. The third-order valence-electron chi connectivity index (χ3n) is 3.64. The van der Waals surface area contributed by atoms with E-state index in [1.54, 1.807) is 0 Å². The topological polar surface area (TPSA) is 56.7 Å². The zero-order chi connectivity index (χ0) is 10.3. The first-order valence-electron chi connectivity index (χ1n) is 6.02. The van der Waals surface area contributed by atoms with Crippen molar-refractivity contribution in [3.8, 4) is 0 Å². The smallest absolute Gasteiger partial charge is 0.154 e. The molecule has 0 saturated heterocycles. The number of fused-ring (bicyclic) bond motifs is 1. The minimum absolute atomic E-state index is 0.290. The largest absolute Gasteiger partial charge is 0.327 e. The molecule has 2 heterocycles. The van der Waals surface area contributed by atoms with Gasteiger partial charge in [0.1, 0.15) is 5.82 Å². The fourth-order valence-corrected chi connectivity index (χ4v) is 2.71. The lowest BCUT2D eigenvalue weighted by Crippen LogP contribution is -2.31. The van der Waals surface area contributed by atoms with Crippen LogP contribution in [0.15, 0.2) is 0 Å². The van der Waals surface area contributed by atoms with Crippen LogP contribution in [0.5, 0.6) is 0 Å². The van der Waals surface area contributed by atoms with Crippen molar-refractivity contribution in [1.82, 2.24) is 14.8 Å². The third-order valence-corrected chi connectivity index (χ3v) is 3.64. The Hall–Kier alpha value is -0.900. The third kappa shape index (κ3) is 1.67. The maximum Gasteiger partial charge on any atom is 0.154 e. The van der Waals surface area contributed by atoms with E-state index >= 15 is 0 Å². The van der Waals surface area contributed by atoms with Crippen molar-refractivity contribution in [2.45, 2.75) is 57.0 Å². The highest BCUT2D eigenvalue weighted by atomic mass is 15.4. The second-order valence-corrected chi connectivity index (χ2v) is 4.84. The average molecular weight is 206 g/mol. The number of hydrogen-bond acceptors (Lipinski definition) is 3. The van der Waals surface area contributed by atoms with Crippen LogP contribution in [0.1, 0.15) is 49.7 Å². The van der Waals surface area contributed by atoms with E-state index < -0.39 is 0 Å². The van der Waals surface area contributed by atoms with E-state index in [1.807, 2.05) is 0 Å². The van der Waals surface area contributed by atoms with Gasteiger partial charge in [0.05, 0.1) is 0 Å². The lowest BCUT2D eigenvalue weighted by Gasteiger charge is -2.17. The molecule has 1 aromatic rings. The normalized spacial score (nSPS) is 26.9. The van der Waals surface area contributed by atoms with Gasteiger partial charge in [-0.1, -0.05) is 12.8 Å². The molecule has 1 aliphatic carbocycles. The Morgan fingerprint density at radius 3 is 2.80 bits per heavy atom. The molecule has 2 N–H and O–H groups in total.